The molecule has 0 bridgehead atoms. The third kappa shape index (κ3) is 4.15. The van der Waals surface area contributed by atoms with Gasteiger partial charge in [0.15, 0.2) is 5.13 Å². The Morgan fingerprint density at radius 1 is 1.13 bits per heavy atom. The van der Waals surface area contributed by atoms with E-state index in [4.69, 9.17) is 4.74 Å². The number of fused-ring (bicyclic) bond motifs is 1. The summed E-state index contributed by atoms with van der Waals surface area (Å²) < 4.78 is 6.79. The van der Waals surface area contributed by atoms with E-state index >= 15 is 0 Å². The van der Waals surface area contributed by atoms with Gasteiger partial charge in [0, 0.05) is 24.2 Å². The SMILES string of the molecule is CC(=O)N(c1ccc(C)c(C)c1)c1nc(COC(=O)c2nc3nccc(C)n3n2)cs1. The molecule has 4 aromatic rings. The van der Waals surface area contributed by atoms with Crippen molar-refractivity contribution in [3.05, 3.63) is 64.2 Å². The molecule has 0 saturated carbocycles. The van der Waals surface area contributed by atoms with Crippen LogP contribution in [0.3, 0.4) is 0 Å². The van der Waals surface area contributed by atoms with E-state index in [1.54, 1.807) is 22.5 Å². The van der Waals surface area contributed by atoms with Crippen molar-refractivity contribution in [3.8, 4) is 0 Å². The normalized spacial score (nSPS) is 11.0. The van der Waals surface area contributed by atoms with Crippen molar-refractivity contribution in [2.75, 3.05) is 4.90 Å². The molecule has 0 spiro atoms. The Balaban J connectivity index is 1.49. The van der Waals surface area contributed by atoms with Gasteiger partial charge in [-0.25, -0.2) is 19.3 Å². The Bertz CT molecular complexity index is 1300. The topological polar surface area (TPSA) is 103 Å². The lowest BCUT2D eigenvalue weighted by molar-refractivity contribution is -0.115. The molecule has 9 nitrogen and oxygen atoms in total. The predicted octanol–water partition coefficient (Wildman–Crippen LogP) is 3.55. The smallest absolute Gasteiger partial charge is 0.378 e. The molecule has 0 aliphatic carbocycles. The number of thiazole rings is 1. The van der Waals surface area contributed by atoms with E-state index in [2.05, 4.69) is 20.1 Å². The summed E-state index contributed by atoms with van der Waals surface area (Å²) in [6, 6.07) is 7.57. The Kier molecular flexibility index (Phi) is 5.47. The van der Waals surface area contributed by atoms with Crippen LogP contribution in [0.5, 0.6) is 0 Å². The van der Waals surface area contributed by atoms with Crippen LogP contribution in [-0.4, -0.2) is 36.4 Å². The second kappa shape index (κ2) is 8.23. The number of benzene rings is 1. The first kappa shape index (κ1) is 20.6. The monoisotopic (exact) mass is 436 g/mol. The average molecular weight is 436 g/mol. The van der Waals surface area contributed by atoms with Gasteiger partial charge >= 0.3 is 5.97 Å². The molecule has 1 amide bonds. The lowest BCUT2D eigenvalue weighted by atomic mass is 10.1. The summed E-state index contributed by atoms with van der Waals surface area (Å²) in [6.07, 6.45) is 1.60. The van der Waals surface area contributed by atoms with E-state index in [0.29, 0.717) is 16.6 Å². The summed E-state index contributed by atoms with van der Waals surface area (Å²) in [7, 11) is 0. The molecule has 0 aliphatic heterocycles. The van der Waals surface area contributed by atoms with Gasteiger partial charge in [0.1, 0.15) is 6.61 Å². The molecule has 1 aromatic carbocycles. The van der Waals surface area contributed by atoms with Crippen LogP contribution in [0.25, 0.3) is 5.78 Å². The molecule has 31 heavy (non-hydrogen) atoms. The highest BCUT2D eigenvalue weighted by molar-refractivity contribution is 7.14. The molecular weight excluding hydrogens is 416 g/mol. The summed E-state index contributed by atoms with van der Waals surface area (Å²) in [4.78, 5) is 38.8. The number of rotatable bonds is 5. The third-order valence-corrected chi connectivity index (χ3v) is 5.63. The summed E-state index contributed by atoms with van der Waals surface area (Å²) in [5, 5.41) is 6.39. The van der Waals surface area contributed by atoms with Crippen LogP contribution in [0.15, 0.2) is 35.8 Å². The van der Waals surface area contributed by atoms with Crippen LogP contribution in [0.2, 0.25) is 0 Å². The zero-order valence-corrected chi connectivity index (χ0v) is 18.3. The fourth-order valence-corrected chi connectivity index (χ4v) is 3.83. The minimum atomic E-state index is -0.669. The number of hydrogen-bond donors (Lipinski definition) is 0. The van der Waals surface area contributed by atoms with Gasteiger partial charge in [-0.2, -0.15) is 4.98 Å². The minimum absolute atomic E-state index is 0.0596. The second-order valence-corrected chi connectivity index (χ2v) is 7.89. The highest BCUT2D eigenvalue weighted by atomic mass is 32.1. The van der Waals surface area contributed by atoms with Gasteiger partial charge in [-0.05, 0) is 50.1 Å². The van der Waals surface area contributed by atoms with Crippen molar-refractivity contribution < 1.29 is 14.3 Å². The van der Waals surface area contributed by atoms with Crippen molar-refractivity contribution >= 4 is 39.8 Å². The fraction of sp³-hybridized carbons (Fsp3) is 0.238. The highest BCUT2D eigenvalue weighted by Crippen LogP contribution is 2.30. The molecule has 0 aliphatic rings. The van der Waals surface area contributed by atoms with Crippen LogP contribution in [0, 0.1) is 20.8 Å². The van der Waals surface area contributed by atoms with Crippen LogP contribution >= 0.6 is 11.3 Å². The maximum Gasteiger partial charge on any atom is 0.378 e. The number of carbonyl (C=O) groups is 2. The molecule has 158 valence electrons. The Morgan fingerprint density at radius 3 is 2.65 bits per heavy atom. The lowest BCUT2D eigenvalue weighted by Crippen LogP contribution is -2.22. The van der Waals surface area contributed by atoms with Crippen molar-refractivity contribution in [1.29, 1.82) is 0 Å². The van der Waals surface area contributed by atoms with Crippen molar-refractivity contribution in [1.82, 2.24) is 24.6 Å². The molecule has 0 saturated heterocycles. The number of anilines is 2. The molecule has 0 atom stereocenters. The molecule has 4 rings (SSSR count). The number of aromatic nitrogens is 5. The zero-order chi connectivity index (χ0) is 22.1. The first-order chi connectivity index (χ1) is 14.8. The molecule has 3 heterocycles. The van der Waals surface area contributed by atoms with Gasteiger partial charge in [0.25, 0.3) is 11.6 Å². The molecule has 0 unspecified atom stereocenters. The first-order valence-electron chi connectivity index (χ1n) is 9.51. The van der Waals surface area contributed by atoms with E-state index in [1.165, 1.54) is 22.8 Å². The molecule has 10 heteroatoms. The number of ether oxygens (including phenoxy) is 1. The molecule has 0 N–H and O–H groups in total. The van der Waals surface area contributed by atoms with Gasteiger partial charge in [-0.15, -0.1) is 16.4 Å². The predicted molar refractivity (Wildman–Crippen MR) is 115 cm³/mol. The Morgan fingerprint density at radius 2 is 1.94 bits per heavy atom. The number of nitrogens with zero attached hydrogens (tertiary/aromatic N) is 6. The minimum Gasteiger partial charge on any atom is -0.453 e. The van der Waals surface area contributed by atoms with E-state index < -0.39 is 5.97 Å². The van der Waals surface area contributed by atoms with Crippen molar-refractivity contribution in [2.24, 2.45) is 0 Å². The number of esters is 1. The van der Waals surface area contributed by atoms with E-state index in [9.17, 15) is 9.59 Å². The molecule has 3 aromatic heterocycles. The lowest BCUT2D eigenvalue weighted by Gasteiger charge is -2.19. The van der Waals surface area contributed by atoms with Gasteiger partial charge in [-0.3, -0.25) is 9.69 Å². The molecule has 0 radical (unpaired) electrons. The average Bonchev–Trinajstić information content (AvgIpc) is 3.37. The first-order valence-corrected chi connectivity index (χ1v) is 10.4. The second-order valence-electron chi connectivity index (χ2n) is 7.05. The maximum atomic E-state index is 12.4. The number of amides is 1. The van der Waals surface area contributed by atoms with Crippen molar-refractivity contribution in [3.63, 3.8) is 0 Å². The summed E-state index contributed by atoms with van der Waals surface area (Å²) >= 11 is 1.30. The van der Waals surface area contributed by atoms with Crippen LogP contribution in [0.4, 0.5) is 10.8 Å². The zero-order valence-electron chi connectivity index (χ0n) is 17.5. The van der Waals surface area contributed by atoms with Gasteiger partial charge < -0.3 is 4.74 Å². The van der Waals surface area contributed by atoms with E-state index in [-0.39, 0.29) is 18.3 Å². The molecular formula is C21H20N6O3S. The number of aryl methyl sites for hydroxylation is 3. The quantitative estimate of drug-likeness (QED) is 0.441. The Labute approximate surface area is 182 Å². The van der Waals surface area contributed by atoms with Crippen LogP contribution in [-0.2, 0) is 16.1 Å². The van der Waals surface area contributed by atoms with Crippen molar-refractivity contribution in [2.45, 2.75) is 34.3 Å². The maximum absolute atomic E-state index is 12.4. The van der Waals surface area contributed by atoms with Crippen LogP contribution in [0.1, 0.15) is 40.1 Å². The summed E-state index contributed by atoms with van der Waals surface area (Å²) in [6.45, 7) is 7.28. The summed E-state index contributed by atoms with van der Waals surface area (Å²) in [5.41, 5.74) is 4.30. The fourth-order valence-electron chi connectivity index (χ4n) is 2.95. The van der Waals surface area contributed by atoms with Gasteiger partial charge in [-0.1, -0.05) is 6.07 Å². The van der Waals surface area contributed by atoms with Gasteiger partial charge in [0.2, 0.25) is 5.91 Å². The van der Waals surface area contributed by atoms with E-state index in [1.807, 2.05) is 39.0 Å². The molecule has 0 fully saturated rings. The third-order valence-electron chi connectivity index (χ3n) is 4.76. The largest absolute Gasteiger partial charge is 0.453 e. The van der Waals surface area contributed by atoms with Crippen LogP contribution < -0.4 is 4.90 Å². The van der Waals surface area contributed by atoms with Gasteiger partial charge in [0.05, 0.1) is 11.4 Å². The Hall–Kier alpha value is -3.66. The standard InChI is InChI=1S/C21H20N6O3S/c1-12-5-6-17(9-13(12)2)26(15(4)28)21-23-16(11-31-21)10-30-19(29)18-24-20-22-8-7-14(3)27(20)25-18/h5-9,11H,10H2,1-4H3. The number of carbonyl (C=O) groups excluding carboxylic acids is 2. The number of hydrogen-bond acceptors (Lipinski definition) is 8. The summed E-state index contributed by atoms with van der Waals surface area (Å²) in [5.74, 6) is -0.568. The van der Waals surface area contributed by atoms with E-state index in [0.717, 1.165) is 22.5 Å². The highest BCUT2D eigenvalue weighted by Gasteiger charge is 2.20.